The fourth-order valence-corrected chi connectivity index (χ4v) is 1.56. The molecule has 0 amide bonds. The smallest absolute Gasteiger partial charge is 0.181 e. The zero-order chi connectivity index (χ0) is 12.2. The van der Waals surface area contributed by atoms with E-state index >= 15 is 0 Å². The van der Waals surface area contributed by atoms with Crippen LogP contribution < -0.4 is 4.74 Å². The summed E-state index contributed by atoms with van der Waals surface area (Å²) in [7, 11) is 0. The largest absolute Gasteiger partial charge is 0.487 e. The Morgan fingerprint density at radius 2 is 1.89 bits per heavy atom. The number of fused-ring (bicyclic) bond motifs is 1. The van der Waals surface area contributed by atoms with Crippen LogP contribution in [-0.4, -0.2) is 19.9 Å². The Labute approximate surface area is 104 Å². The van der Waals surface area contributed by atoms with Crippen LogP contribution >= 0.6 is 0 Å². The van der Waals surface area contributed by atoms with Gasteiger partial charge < -0.3 is 4.74 Å². The van der Waals surface area contributed by atoms with Gasteiger partial charge >= 0.3 is 0 Å². The van der Waals surface area contributed by atoms with Crippen LogP contribution in [0.1, 0.15) is 5.69 Å². The van der Waals surface area contributed by atoms with Gasteiger partial charge in [-0.05, 0) is 12.1 Å². The summed E-state index contributed by atoms with van der Waals surface area (Å²) in [5.41, 5.74) is 2.02. The van der Waals surface area contributed by atoms with Crippen LogP contribution in [0.4, 0.5) is 0 Å². The molecule has 5 nitrogen and oxygen atoms in total. The van der Waals surface area contributed by atoms with Crippen molar-refractivity contribution in [2.24, 2.45) is 0 Å². The van der Waals surface area contributed by atoms with E-state index in [-0.39, 0.29) is 0 Å². The summed E-state index contributed by atoms with van der Waals surface area (Å²) in [5, 5.41) is 0. The Kier molecular flexibility index (Phi) is 2.79. The summed E-state index contributed by atoms with van der Waals surface area (Å²) in [4.78, 5) is 16.5. The molecule has 5 heteroatoms. The maximum atomic E-state index is 5.60. The highest BCUT2D eigenvalue weighted by molar-refractivity contribution is 5.67. The number of ether oxygens (including phenoxy) is 1. The molecule has 0 fully saturated rings. The van der Waals surface area contributed by atoms with Crippen molar-refractivity contribution in [3.8, 4) is 5.75 Å². The number of hydrogen-bond acceptors (Lipinski definition) is 5. The molecular weight excluding hydrogens is 228 g/mol. The van der Waals surface area contributed by atoms with Gasteiger partial charge in [-0.25, -0.2) is 19.9 Å². The molecule has 2 heterocycles. The molecule has 0 saturated carbocycles. The van der Waals surface area contributed by atoms with E-state index in [4.69, 9.17) is 4.74 Å². The zero-order valence-electron chi connectivity index (χ0n) is 9.52. The predicted molar refractivity (Wildman–Crippen MR) is 65.9 cm³/mol. The van der Waals surface area contributed by atoms with E-state index in [9.17, 15) is 0 Å². The van der Waals surface area contributed by atoms with E-state index in [1.54, 1.807) is 12.4 Å². The molecular formula is C13H10N4O. The average molecular weight is 238 g/mol. The fraction of sp³-hybridized carbons (Fsp3) is 0.0769. The number of benzene rings is 1. The van der Waals surface area contributed by atoms with Gasteiger partial charge in [0, 0.05) is 0 Å². The Morgan fingerprint density at radius 1 is 1.00 bits per heavy atom. The molecule has 18 heavy (non-hydrogen) atoms. The molecule has 0 radical (unpaired) electrons. The standard InChI is InChI=1S/C13H10N4O/c1-2-4-11(5-3-1)18-8-10-6-15-13-12(17-10)7-14-9-16-13/h1-7,9H,8H2. The van der Waals surface area contributed by atoms with Gasteiger partial charge in [0.15, 0.2) is 5.65 Å². The van der Waals surface area contributed by atoms with E-state index < -0.39 is 0 Å². The van der Waals surface area contributed by atoms with Gasteiger partial charge in [0.2, 0.25) is 0 Å². The first-order chi connectivity index (χ1) is 8.92. The van der Waals surface area contributed by atoms with Crippen LogP contribution in [0.2, 0.25) is 0 Å². The van der Waals surface area contributed by atoms with Crippen molar-refractivity contribution < 1.29 is 4.74 Å². The fourth-order valence-electron chi connectivity index (χ4n) is 1.56. The molecule has 0 atom stereocenters. The molecule has 0 unspecified atom stereocenters. The van der Waals surface area contributed by atoms with Crippen LogP contribution in [0.3, 0.4) is 0 Å². The summed E-state index contributed by atoms with van der Waals surface area (Å²) in [5.74, 6) is 0.809. The first kappa shape index (κ1) is 10.6. The Balaban J connectivity index is 1.79. The summed E-state index contributed by atoms with van der Waals surface area (Å²) in [6, 6.07) is 9.60. The maximum Gasteiger partial charge on any atom is 0.181 e. The first-order valence-corrected chi connectivity index (χ1v) is 5.51. The van der Waals surface area contributed by atoms with Gasteiger partial charge in [0.1, 0.15) is 24.2 Å². The third-order valence-electron chi connectivity index (χ3n) is 2.40. The molecule has 1 aromatic carbocycles. The van der Waals surface area contributed by atoms with Gasteiger partial charge in [0.25, 0.3) is 0 Å². The maximum absolute atomic E-state index is 5.60. The molecule has 2 aromatic heterocycles. The molecule has 0 spiro atoms. The number of hydrogen-bond donors (Lipinski definition) is 0. The number of aromatic nitrogens is 4. The molecule has 0 N–H and O–H groups in total. The van der Waals surface area contributed by atoms with E-state index in [0.717, 1.165) is 11.4 Å². The molecule has 88 valence electrons. The van der Waals surface area contributed by atoms with E-state index in [0.29, 0.717) is 17.8 Å². The lowest BCUT2D eigenvalue weighted by molar-refractivity contribution is 0.301. The Hall–Kier alpha value is -2.56. The van der Waals surface area contributed by atoms with Crippen molar-refractivity contribution >= 4 is 11.2 Å². The first-order valence-electron chi connectivity index (χ1n) is 5.51. The molecule has 0 aliphatic rings. The van der Waals surface area contributed by atoms with E-state index in [1.807, 2.05) is 30.3 Å². The highest BCUT2D eigenvalue weighted by atomic mass is 16.5. The topological polar surface area (TPSA) is 60.8 Å². The number of rotatable bonds is 3. The third kappa shape index (κ3) is 2.24. The second kappa shape index (κ2) is 4.75. The molecule has 0 saturated heterocycles. The van der Waals surface area contributed by atoms with E-state index in [1.165, 1.54) is 6.33 Å². The second-order valence-corrected chi connectivity index (χ2v) is 3.69. The lowest BCUT2D eigenvalue weighted by atomic mass is 10.3. The predicted octanol–water partition coefficient (Wildman–Crippen LogP) is 2.00. The Bertz CT molecular complexity index is 657. The SMILES string of the molecule is c1ccc(OCc2cnc3ncncc3n2)cc1. The van der Waals surface area contributed by atoms with Crippen LogP contribution in [0.25, 0.3) is 11.2 Å². The van der Waals surface area contributed by atoms with Crippen LogP contribution in [0.5, 0.6) is 5.75 Å². The van der Waals surface area contributed by atoms with Gasteiger partial charge in [0.05, 0.1) is 18.1 Å². The molecule has 0 aliphatic heterocycles. The molecule has 0 bridgehead atoms. The summed E-state index contributed by atoms with van der Waals surface area (Å²) in [6.45, 7) is 0.377. The van der Waals surface area contributed by atoms with E-state index in [2.05, 4.69) is 19.9 Å². The highest BCUT2D eigenvalue weighted by Crippen LogP contribution is 2.11. The van der Waals surface area contributed by atoms with Crippen LogP contribution in [-0.2, 0) is 6.61 Å². The normalized spacial score (nSPS) is 10.4. The highest BCUT2D eigenvalue weighted by Gasteiger charge is 2.01. The zero-order valence-corrected chi connectivity index (χ0v) is 9.52. The number of nitrogens with zero attached hydrogens (tertiary/aromatic N) is 4. The second-order valence-electron chi connectivity index (χ2n) is 3.69. The minimum atomic E-state index is 0.377. The van der Waals surface area contributed by atoms with Crippen molar-refractivity contribution in [1.82, 2.24) is 19.9 Å². The van der Waals surface area contributed by atoms with Crippen LogP contribution in [0.15, 0.2) is 49.1 Å². The van der Waals surface area contributed by atoms with Crippen molar-refractivity contribution in [2.75, 3.05) is 0 Å². The average Bonchev–Trinajstić information content (AvgIpc) is 2.46. The van der Waals surface area contributed by atoms with Gasteiger partial charge in [-0.15, -0.1) is 0 Å². The van der Waals surface area contributed by atoms with Gasteiger partial charge in [-0.2, -0.15) is 0 Å². The summed E-state index contributed by atoms with van der Waals surface area (Å²) < 4.78 is 5.60. The monoisotopic (exact) mass is 238 g/mol. The number of para-hydroxylation sites is 1. The van der Waals surface area contributed by atoms with Crippen molar-refractivity contribution in [1.29, 1.82) is 0 Å². The minimum absolute atomic E-state index is 0.377. The van der Waals surface area contributed by atoms with Gasteiger partial charge in [-0.3, -0.25) is 0 Å². The lowest BCUT2D eigenvalue weighted by Crippen LogP contribution is -2.00. The Morgan fingerprint density at radius 3 is 2.78 bits per heavy atom. The molecule has 3 rings (SSSR count). The van der Waals surface area contributed by atoms with Crippen molar-refractivity contribution in [2.45, 2.75) is 6.61 Å². The van der Waals surface area contributed by atoms with Gasteiger partial charge in [-0.1, -0.05) is 18.2 Å². The minimum Gasteiger partial charge on any atom is -0.487 e. The third-order valence-corrected chi connectivity index (χ3v) is 2.40. The lowest BCUT2D eigenvalue weighted by Gasteiger charge is -2.05. The molecule has 0 aliphatic carbocycles. The van der Waals surface area contributed by atoms with Crippen molar-refractivity contribution in [3.63, 3.8) is 0 Å². The van der Waals surface area contributed by atoms with Crippen LogP contribution in [0, 0.1) is 0 Å². The quantitative estimate of drug-likeness (QED) is 0.698. The molecule has 3 aromatic rings. The summed E-state index contributed by atoms with van der Waals surface area (Å²) >= 11 is 0. The summed E-state index contributed by atoms with van der Waals surface area (Å²) in [6.07, 6.45) is 4.76. The van der Waals surface area contributed by atoms with Crippen molar-refractivity contribution in [3.05, 3.63) is 54.7 Å².